The van der Waals surface area contributed by atoms with Gasteiger partial charge in [0, 0.05) is 29.2 Å². The highest BCUT2D eigenvalue weighted by atomic mass is 35.5. The molecule has 0 saturated heterocycles. The standard InChI is InChI=1S/C26H25ClN2O4S/c1-3-16-29(17-15-19-9-12-22(13-10-19)34(32,33)28-2)26(31)24-18-21(27)11-14-23(24)25(30)20-7-5-4-6-8-20/h3-14,18,28H,1,15-17H2,2H3. The summed E-state index contributed by atoms with van der Waals surface area (Å²) in [7, 11) is -2.16. The van der Waals surface area contributed by atoms with Crippen LogP contribution in [0.2, 0.25) is 5.02 Å². The number of sulfonamides is 1. The number of nitrogens with zero attached hydrogens (tertiary/aromatic N) is 1. The van der Waals surface area contributed by atoms with Crippen LogP contribution in [0.1, 0.15) is 31.8 Å². The number of benzene rings is 3. The van der Waals surface area contributed by atoms with Gasteiger partial charge in [0.05, 0.1) is 10.5 Å². The lowest BCUT2D eigenvalue weighted by molar-refractivity contribution is 0.0771. The summed E-state index contributed by atoms with van der Waals surface area (Å²) in [6.07, 6.45) is 2.10. The molecule has 0 aliphatic carbocycles. The van der Waals surface area contributed by atoms with E-state index in [1.165, 1.54) is 25.2 Å². The van der Waals surface area contributed by atoms with E-state index < -0.39 is 10.0 Å². The van der Waals surface area contributed by atoms with Crippen LogP contribution in [-0.2, 0) is 16.4 Å². The van der Waals surface area contributed by atoms with Crippen molar-refractivity contribution in [2.75, 3.05) is 20.1 Å². The van der Waals surface area contributed by atoms with Crippen LogP contribution in [0.25, 0.3) is 0 Å². The maximum Gasteiger partial charge on any atom is 0.254 e. The van der Waals surface area contributed by atoms with Crippen LogP contribution in [0.15, 0.2) is 90.3 Å². The number of amides is 1. The van der Waals surface area contributed by atoms with Crippen LogP contribution in [0.4, 0.5) is 0 Å². The summed E-state index contributed by atoms with van der Waals surface area (Å²) in [5, 5.41) is 0.354. The summed E-state index contributed by atoms with van der Waals surface area (Å²) in [5.74, 6) is -0.600. The predicted molar refractivity (Wildman–Crippen MR) is 134 cm³/mol. The average molecular weight is 497 g/mol. The lowest BCUT2D eigenvalue weighted by Crippen LogP contribution is -2.34. The minimum absolute atomic E-state index is 0.167. The van der Waals surface area contributed by atoms with Gasteiger partial charge in [0.2, 0.25) is 10.0 Å². The van der Waals surface area contributed by atoms with Crippen molar-refractivity contribution < 1.29 is 18.0 Å². The van der Waals surface area contributed by atoms with Crippen molar-refractivity contribution in [1.82, 2.24) is 9.62 Å². The highest BCUT2D eigenvalue weighted by Gasteiger charge is 2.23. The molecule has 0 spiro atoms. The Morgan fingerprint density at radius 2 is 1.68 bits per heavy atom. The first-order valence-corrected chi connectivity index (χ1v) is 12.4. The second-order valence-electron chi connectivity index (χ2n) is 7.53. The van der Waals surface area contributed by atoms with Crippen molar-refractivity contribution >= 4 is 33.3 Å². The molecule has 0 unspecified atom stereocenters. The third kappa shape index (κ3) is 5.99. The molecular formula is C26H25ClN2O4S. The van der Waals surface area contributed by atoms with Crippen LogP contribution in [0.3, 0.4) is 0 Å². The van der Waals surface area contributed by atoms with Crippen LogP contribution in [0.5, 0.6) is 0 Å². The quantitative estimate of drug-likeness (QED) is 0.334. The molecule has 176 valence electrons. The Bertz CT molecular complexity index is 1290. The Kier molecular flexibility index (Phi) is 8.39. The van der Waals surface area contributed by atoms with Gasteiger partial charge in [-0.05, 0) is 49.4 Å². The molecule has 1 amide bonds. The molecule has 6 nitrogen and oxygen atoms in total. The first-order valence-electron chi connectivity index (χ1n) is 10.6. The number of carbonyl (C=O) groups is 2. The molecule has 0 radical (unpaired) electrons. The number of rotatable bonds is 10. The van der Waals surface area contributed by atoms with Gasteiger partial charge < -0.3 is 4.90 Å². The zero-order valence-corrected chi connectivity index (χ0v) is 20.3. The van der Waals surface area contributed by atoms with E-state index >= 15 is 0 Å². The Balaban J connectivity index is 1.84. The van der Waals surface area contributed by atoms with E-state index in [1.54, 1.807) is 59.5 Å². The fraction of sp³-hybridized carbons (Fsp3) is 0.154. The molecule has 0 aromatic heterocycles. The summed E-state index contributed by atoms with van der Waals surface area (Å²) in [5.41, 5.74) is 1.84. The van der Waals surface area contributed by atoms with Crippen molar-refractivity contribution in [2.45, 2.75) is 11.3 Å². The normalized spacial score (nSPS) is 11.1. The van der Waals surface area contributed by atoms with Gasteiger partial charge in [-0.25, -0.2) is 13.1 Å². The highest BCUT2D eigenvalue weighted by Crippen LogP contribution is 2.22. The third-order valence-corrected chi connectivity index (χ3v) is 6.97. The average Bonchev–Trinajstić information content (AvgIpc) is 2.86. The number of carbonyl (C=O) groups excluding carboxylic acids is 2. The molecule has 8 heteroatoms. The monoisotopic (exact) mass is 496 g/mol. The van der Waals surface area contributed by atoms with Gasteiger partial charge in [0.25, 0.3) is 5.91 Å². The van der Waals surface area contributed by atoms with Crippen molar-refractivity contribution in [3.8, 4) is 0 Å². The molecule has 0 bridgehead atoms. The van der Waals surface area contributed by atoms with E-state index in [9.17, 15) is 18.0 Å². The molecule has 1 N–H and O–H groups in total. The van der Waals surface area contributed by atoms with Crippen LogP contribution in [-0.4, -0.2) is 45.1 Å². The topological polar surface area (TPSA) is 83.6 Å². The van der Waals surface area contributed by atoms with E-state index in [2.05, 4.69) is 11.3 Å². The van der Waals surface area contributed by atoms with Gasteiger partial charge in [-0.2, -0.15) is 0 Å². The van der Waals surface area contributed by atoms with Crippen molar-refractivity contribution in [3.63, 3.8) is 0 Å². The van der Waals surface area contributed by atoms with E-state index in [0.717, 1.165) is 5.56 Å². The van der Waals surface area contributed by atoms with Gasteiger partial charge in [-0.15, -0.1) is 6.58 Å². The molecule has 3 rings (SSSR count). The number of ketones is 1. The predicted octanol–water partition coefficient (Wildman–Crippen LogP) is 4.35. The second-order valence-corrected chi connectivity index (χ2v) is 9.85. The van der Waals surface area contributed by atoms with Gasteiger partial charge >= 0.3 is 0 Å². The smallest absolute Gasteiger partial charge is 0.254 e. The number of hydrogen-bond donors (Lipinski definition) is 1. The van der Waals surface area contributed by atoms with E-state index in [1.807, 2.05) is 6.07 Å². The summed E-state index contributed by atoms with van der Waals surface area (Å²) in [6, 6.07) is 19.9. The van der Waals surface area contributed by atoms with Crippen molar-refractivity contribution in [2.24, 2.45) is 0 Å². The minimum Gasteiger partial charge on any atom is -0.335 e. The highest BCUT2D eigenvalue weighted by molar-refractivity contribution is 7.89. The number of halogens is 1. The van der Waals surface area contributed by atoms with Gasteiger partial charge in [-0.1, -0.05) is 60.1 Å². The molecule has 0 atom stereocenters. The lowest BCUT2D eigenvalue weighted by Gasteiger charge is -2.23. The second kappa shape index (κ2) is 11.2. The van der Waals surface area contributed by atoms with Crippen LogP contribution >= 0.6 is 11.6 Å². The van der Waals surface area contributed by atoms with Crippen LogP contribution < -0.4 is 4.72 Å². The van der Waals surface area contributed by atoms with Gasteiger partial charge in [0.15, 0.2) is 5.78 Å². The van der Waals surface area contributed by atoms with Gasteiger partial charge in [0.1, 0.15) is 0 Å². The molecule has 3 aromatic carbocycles. The summed E-state index contributed by atoms with van der Waals surface area (Å²) in [6.45, 7) is 4.36. The number of hydrogen-bond acceptors (Lipinski definition) is 4. The maximum absolute atomic E-state index is 13.5. The molecule has 0 aliphatic heterocycles. The Labute approximate surface area is 204 Å². The lowest BCUT2D eigenvalue weighted by atomic mass is 9.97. The molecule has 0 fully saturated rings. The molecule has 34 heavy (non-hydrogen) atoms. The zero-order valence-electron chi connectivity index (χ0n) is 18.7. The summed E-state index contributed by atoms with van der Waals surface area (Å²) in [4.78, 5) is 28.3. The summed E-state index contributed by atoms with van der Waals surface area (Å²) < 4.78 is 26.1. The minimum atomic E-state index is -3.52. The fourth-order valence-corrected chi connectivity index (χ4v) is 4.36. The fourth-order valence-electron chi connectivity index (χ4n) is 3.46. The first kappa shape index (κ1) is 25.4. The van der Waals surface area contributed by atoms with E-state index in [-0.39, 0.29) is 34.3 Å². The molecule has 0 saturated carbocycles. The molecular weight excluding hydrogens is 472 g/mol. The van der Waals surface area contributed by atoms with Crippen molar-refractivity contribution in [3.05, 3.63) is 113 Å². The molecule has 3 aromatic rings. The van der Waals surface area contributed by atoms with Gasteiger partial charge in [-0.3, -0.25) is 9.59 Å². The van der Waals surface area contributed by atoms with E-state index in [4.69, 9.17) is 11.6 Å². The largest absolute Gasteiger partial charge is 0.335 e. The molecule has 0 aliphatic rings. The third-order valence-electron chi connectivity index (χ3n) is 5.30. The van der Waals surface area contributed by atoms with E-state index in [0.29, 0.717) is 23.6 Å². The molecule has 0 heterocycles. The first-order chi connectivity index (χ1) is 16.3. The van der Waals surface area contributed by atoms with Crippen LogP contribution in [0, 0.1) is 0 Å². The maximum atomic E-state index is 13.5. The Morgan fingerprint density at radius 1 is 1.00 bits per heavy atom. The Hall–Kier alpha value is -3.26. The Morgan fingerprint density at radius 3 is 2.29 bits per heavy atom. The zero-order chi connectivity index (χ0) is 24.7. The summed E-state index contributed by atoms with van der Waals surface area (Å²) >= 11 is 6.17. The van der Waals surface area contributed by atoms with Crippen molar-refractivity contribution in [1.29, 1.82) is 0 Å². The number of nitrogens with one attached hydrogen (secondary N) is 1. The SMILES string of the molecule is C=CCN(CCc1ccc(S(=O)(=O)NC)cc1)C(=O)c1cc(Cl)ccc1C(=O)c1ccccc1.